The average Bonchev–Trinajstić information content (AvgIpc) is 2.27. The monoisotopic (exact) mass is 262 g/mol. The Bertz CT molecular complexity index is 477. The van der Waals surface area contributed by atoms with Gasteiger partial charge in [0.1, 0.15) is 6.04 Å². The van der Waals surface area contributed by atoms with Gasteiger partial charge in [-0.1, -0.05) is 6.07 Å². The van der Waals surface area contributed by atoms with Gasteiger partial charge in [-0.25, -0.2) is 0 Å². The van der Waals surface area contributed by atoms with Crippen molar-refractivity contribution in [3.05, 3.63) is 29.3 Å². The maximum Gasteiger partial charge on any atom is 0.247 e. The molecule has 1 fully saturated rings. The van der Waals surface area contributed by atoms with Crippen LogP contribution in [0.3, 0.4) is 0 Å². The Hall–Kier alpha value is -1.39. The van der Waals surface area contributed by atoms with Crippen LogP contribution in [0.5, 0.6) is 0 Å². The van der Waals surface area contributed by atoms with Crippen LogP contribution in [0, 0.1) is 13.8 Å². The number of aryl methyl sites for hydroxylation is 2. The number of aliphatic hydroxyl groups is 1. The van der Waals surface area contributed by atoms with Crippen LogP contribution in [0.15, 0.2) is 18.2 Å². The predicted molar refractivity (Wildman–Crippen MR) is 76.4 cm³/mol. The first-order valence-electron chi connectivity index (χ1n) is 6.62. The van der Waals surface area contributed by atoms with Crippen molar-refractivity contribution in [3.8, 4) is 0 Å². The highest BCUT2D eigenvalue weighted by atomic mass is 16.3. The van der Waals surface area contributed by atoms with Crippen molar-refractivity contribution in [2.75, 3.05) is 18.1 Å². The van der Waals surface area contributed by atoms with E-state index in [1.165, 1.54) is 0 Å². The molecule has 0 aromatic heterocycles. The van der Waals surface area contributed by atoms with Gasteiger partial charge in [0.25, 0.3) is 0 Å². The number of nitrogens with zero attached hydrogens (tertiary/aromatic N) is 1. The third-order valence-electron chi connectivity index (χ3n) is 3.55. The minimum atomic E-state index is -0.506. The highest BCUT2D eigenvalue weighted by Crippen LogP contribution is 2.29. The largest absolute Gasteiger partial charge is 0.394 e. The van der Waals surface area contributed by atoms with Crippen LogP contribution < -0.4 is 10.2 Å². The maximum atomic E-state index is 12.5. The zero-order valence-corrected chi connectivity index (χ0v) is 12.0. The molecule has 0 saturated carbocycles. The number of aliphatic hydroxyl groups excluding tert-OH is 1. The molecular weight excluding hydrogens is 240 g/mol. The third kappa shape index (κ3) is 2.65. The fourth-order valence-electron chi connectivity index (χ4n) is 2.69. The zero-order valence-electron chi connectivity index (χ0n) is 12.0. The van der Waals surface area contributed by atoms with Gasteiger partial charge in [0.15, 0.2) is 0 Å². The van der Waals surface area contributed by atoms with E-state index in [9.17, 15) is 9.90 Å². The van der Waals surface area contributed by atoms with E-state index in [1.54, 1.807) is 0 Å². The number of amides is 1. The van der Waals surface area contributed by atoms with Crippen molar-refractivity contribution in [1.82, 2.24) is 5.32 Å². The first kappa shape index (κ1) is 14.0. The molecule has 1 aliphatic rings. The Morgan fingerprint density at radius 2 is 1.89 bits per heavy atom. The molecule has 4 nitrogen and oxygen atoms in total. The van der Waals surface area contributed by atoms with Gasteiger partial charge in [-0.05, 0) is 51.0 Å². The molecular formula is C15H22N2O2. The second-order valence-electron chi connectivity index (χ2n) is 5.95. The summed E-state index contributed by atoms with van der Waals surface area (Å²) in [6.45, 7) is 8.61. The van der Waals surface area contributed by atoms with E-state index in [-0.39, 0.29) is 18.1 Å². The van der Waals surface area contributed by atoms with Gasteiger partial charge in [0.2, 0.25) is 5.91 Å². The summed E-state index contributed by atoms with van der Waals surface area (Å²) in [4.78, 5) is 14.3. The first-order chi connectivity index (χ1) is 8.85. The molecule has 0 bridgehead atoms. The van der Waals surface area contributed by atoms with Crippen molar-refractivity contribution in [3.63, 3.8) is 0 Å². The standard InChI is InChI=1S/C15H22N2O2/c1-10-5-11(2)7-12(6-10)17-14(19)13(8-18)16-9-15(17,3)4/h5-7,13,16,18H,8-9H2,1-4H3. The molecule has 1 saturated heterocycles. The zero-order chi connectivity index (χ0) is 14.2. The lowest BCUT2D eigenvalue weighted by molar-refractivity contribution is -0.124. The van der Waals surface area contributed by atoms with E-state index < -0.39 is 6.04 Å². The van der Waals surface area contributed by atoms with Crippen molar-refractivity contribution in [2.24, 2.45) is 0 Å². The van der Waals surface area contributed by atoms with Gasteiger partial charge < -0.3 is 15.3 Å². The molecule has 1 aromatic rings. The van der Waals surface area contributed by atoms with E-state index in [0.717, 1.165) is 16.8 Å². The SMILES string of the molecule is Cc1cc(C)cc(N2C(=O)C(CO)NCC2(C)C)c1. The van der Waals surface area contributed by atoms with Crippen molar-refractivity contribution < 1.29 is 9.90 Å². The Balaban J connectivity index is 2.45. The number of carbonyl (C=O) groups is 1. The van der Waals surface area contributed by atoms with Crippen LogP contribution in [0.2, 0.25) is 0 Å². The van der Waals surface area contributed by atoms with Crippen LogP contribution in [-0.4, -0.2) is 35.7 Å². The van der Waals surface area contributed by atoms with Crippen LogP contribution in [0.25, 0.3) is 0 Å². The summed E-state index contributed by atoms with van der Waals surface area (Å²) in [5.41, 5.74) is 2.88. The third-order valence-corrected chi connectivity index (χ3v) is 3.55. The average molecular weight is 262 g/mol. The molecule has 0 spiro atoms. The number of piperazine rings is 1. The number of hydrogen-bond donors (Lipinski definition) is 2. The first-order valence-corrected chi connectivity index (χ1v) is 6.62. The molecule has 1 heterocycles. The summed E-state index contributed by atoms with van der Waals surface area (Å²) in [7, 11) is 0. The number of nitrogens with one attached hydrogen (secondary N) is 1. The molecule has 1 aliphatic heterocycles. The van der Waals surface area contributed by atoms with E-state index in [1.807, 2.05) is 44.7 Å². The minimum Gasteiger partial charge on any atom is -0.394 e. The Labute approximate surface area is 114 Å². The Kier molecular flexibility index (Phi) is 3.65. The normalized spacial score (nSPS) is 22.7. The molecule has 1 atom stereocenters. The number of carbonyl (C=O) groups excluding carboxylic acids is 1. The van der Waals surface area contributed by atoms with Gasteiger partial charge >= 0.3 is 0 Å². The van der Waals surface area contributed by atoms with E-state index in [4.69, 9.17) is 0 Å². The second kappa shape index (κ2) is 4.94. The summed E-state index contributed by atoms with van der Waals surface area (Å²) < 4.78 is 0. The Morgan fingerprint density at radius 1 is 1.32 bits per heavy atom. The number of hydrogen-bond acceptors (Lipinski definition) is 3. The molecule has 0 aliphatic carbocycles. The molecule has 1 amide bonds. The van der Waals surface area contributed by atoms with E-state index in [2.05, 4.69) is 11.4 Å². The van der Waals surface area contributed by atoms with Gasteiger partial charge in [-0.3, -0.25) is 4.79 Å². The summed E-state index contributed by atoms with van der Waals surface area (Å²) >= 11 is 0. The van der Waals surface area contributed by atoms with Crippen LogP contribution in [0.4, 0.5) is 5.69 Å². The fraction of sp³-hybridized carbons (Fsp3) is 0.533. The highest BCUT2D eigenvalue weighted by molar-refractivity contribution is 5.99. The lowest BCUT2D eigenvalue weighted by atomic mass is 9.95. The van der Waals surface area contributed by atoms with Gasteiger partial charge in [0.05, 0.1) is 12.1 Å². The van der Waals surface area contributed by atoms with Gasteiger partial charge in [-0.2, -0.15) is 0 Å². The van der Waals surface area contributed by atoms with E-state index in [0.29, 0.717) is 6.54 Å². The summed E-state index contributed by atoms with van der Waals surface area (Å²) in [5.74, 6) is -0.0660. The van der Waals surface area contributed by atoms with Gasteiger partial charge in [-0.15, -0.1) is 0 Å². The molecule has 2 N–H and O–H groups in total. The number of benzene rings is 1. The highest BCUT2D eigenvalue weighted by Gasteiger charge is 2.40. The van der Waals surface area contributed by atoms with Crippen molar-refractivity contribution >= 4 is 11.6 Å². The van der Waals surface area contributed by atoms with Gasteiger partial charge in [0, 0.05) is 12.2 Å². The molecule has 1 unspecified atom stereocenters. The van der Waals surface area contributed by atoms with Crippen LogP contribution in [0.1, 0.15) is 25.0 Å². The number of anilines is 1. The topological polar surface area (TPSA) is 52.6 Å². The molecule has 1 aromatic carbocycles. The van der Waals surface area contributed by atoms with Crippen LogP contribution >= 0.6 is 0 Å². The molecule has 0 radical (unpaired) electrons. The summed E-state index contributed by atoms with van der Waals surface area (Å²) in [6.07, 6.45) is 0. The lowest BCUT2D eigenvalue weighted by Crippen LogP contribution is -2.66. The fourth-order valence-corrected chi connectivity index (χ4v) is 2.69. The molecule has 19 heavy (non-hydrogen) atoms. The second-order valence-corrected chi connectivity index (χ2v) is 5.95. The van der Waals surface area contributed by atoms with Crippen molar-refractivity contribution in [2.45, 2.75) is 39.3 Å². The maximum absolute atomic E-state index is 12.5. The molecule has 4 heteroatoms. The Morgan fingerprint density at radius 3 is 2.42 bits per heavy atom. The number of rotatable bonds is 2. The smallest absolute Gasteiger partial charge is 0.247 e. The van der Waals surface area contributed by atoms with Crippen molar-refractivity contribution in [1.29, 1.82) is 0 Å². The lowest BCUT2D eigenvalue weighted by Gasteiger charge is -2.45. The summed E-state index contributed by atoms with van der Waals surface area (Å²) in [5, 5.41) is 12.4. The minimum absolute atomic E-state index is 0.0660. The molecule has 104 valence electrons. The quantitative estimate of drug-likeness (QED) is 0.846. The predicted octanol–water partition coefficient (Wildman–Crippen LogP) is 1.38. The van der Waals surface area contributed by atoms with E-state index >= 15 is 0 Å². The van der Waals surface area contributed by atoms with Crippen LogP contribution in [-0.2, 0) is 4.79 Å². The molecule has 2 rings (SSSR count). The summed E-state index contributed by atoms with van der Waals surface area (Å²) in [6, 6.07) is 5.62.